The number of hydrogen-bond donors (Lipinski definition) is 0. The summed E-state index contributed by atoms with van der Waals surface area (Å²) in [7, 11) is 0. The summed E-state index contributed by atoms with van der Waals surface area (Å²) >= 11 is 0. The van der Waals surface area contributed by atoms with Gasteiger partial charge in [0.15, 0.2) is 0 Å². The molecular weight excluding hydrogens is 713 g/mol. The van der Waals surface area contributed by atoms with E-state index >= 15 is 0 Å². The number of anilines is 6. The molecule has 0 atom stereocenters. The molecule has 276 valence electrons. The highest BCUT2D eigenvalue weighted by molar-refractivity contribution is 6.12. The highest BCUT2D eigenvalue weighted by Gasteiger charge is 2.36. The fourth-order valence-corrected chi connectivity index (χ4v) is 9.66. The smallest absolute Gasteiger partial charge is 0.0782 e. The minimum absolute atomic E-state index is 0.904. The van der Waals surface area contributed by atoms with E-state index in [4.69, 9.17) is 0 Å². The van der Waals surface area contributed by atoms with Crippen LogP contribution in [-0.2, 0) is 6.42 Å². The van der Waals surface area contributed by atoms with Crippen LogP contribution in [0.25, 0.3) is 67.3 Å². The topological polar surface area (TPSA) is 6.48 Å². The van der Waals surface area contributed by atoms with Gasteiger partial charge in [0.25, 0.3) is 0 Å². The lowest BCUT2D eigenvalue weighted by Gasteiger charge is -2.41. The Bertz CT molecular complexity index is 3140. The van der Waals surface area contributed by atoms with Gasteiger partial charge in [-0.1, -0.05) is 170 Å². The minimum Gasteiger partial charge on any atom is -0.306 e. The maximum Gasteiger partial charge on any atom is 0.0782 e. The molecule has 0 amide bonds. The van der Waals surface area contributed by atoms with Gasteiger partial charge in [0.05, 0.1) is 28.4 Å². The lowest BCUT2D eigenvalue weighted by molar-refractivity contribution is 1.18. The number of rotatable bonds is 4. The van der Waals surface area contributed by atoms with Crippen molar-refractivity contribution in [1.29, 1.82) is 0 Å². The van der Waals surface area contributed by atoms with E-state index in [1.807, 2.05) is 0 Å². The van der Waals surface area contributed by atoms with Crippen LogP contribution in [0.1, 0.15) is 16.7 Å². The minimum atomic E-state index is 0.904. The van der Waals surface area contributed by atoms with E-state index in [2.05, 4.69) is 228 Å². The summed E-state index contributed by atoms with van der Waals surface area (Å²) < 4.78 is 0. The molecule has 0 N–H and O–H groups in total. The fourth-order valence-electron chi connectivity index (χ4n) is 9.66. The molecule has 0 aromatic heterocycles. The van der Waals surface area contributed by atoms with Crippen molar-refractivity contribution in [3.8, 4) is 55.6 Å². The highest BCUT2D eigenvalue weighted by atomic mass is 15.3. The van der Waals surface area contributed by atoms with Gasteiger partial charge in [-0.05, 0) is 122 Å². The van der Waals surface area contributed by atoms with Gasteiger partial charge in [-0.3, -0.25) is 0 Å². The first kappa shape index (κ1) is 33.5. The molecule has 2 heterocycles. The van der Waals surface area contributed by atoms with Crippen molar-refractivity contribution in [2.45, 2.75) is 6.42 Å². The zero-order valence-corrected chi connectivity index (χ0v) is 32.4. The predicted molar refractivity (Wildman–Crippen MR) is 248 cm³/mol. The zero-order chi connectivity index (χ0) is 38.9. The van der Waals surface area contributed by atoms with Gasteiger partial charge in [-0.25, -0.2) is 0 Å². The molecule has 0 radical (unpaired) electrons. The maximum absolute atomic E-state index is 2.51. The molecule has 0 saturated carbocycles. The zero-order valence-electron chi connectivity index (χ0n) is 32.4. The van der Waals surface area contributed by atoms with Crippen LogP contribution in [0, 0.1) is 0 Å². The Hall–Kier alpha value is -7.68. The van der Waals surface area contributed by atoms with Crippen LogP contribution in [-0.4, -0.2) is 0 Å². The molecule has 0 unspecified atom stereocenters. The summed E-state index contributed by atoms with van der Waals surface area (Å²) in [4.78, 5) is 4.96. The number of allylic oxidation sites excluding steroid dienone is 1. The highest BCUT2D eigenvalue weighted by Crippen LogP contribution is 2.61. The van der Waals surface area contributed by atoms with Crippen LogP contribution < -0.4 is 9.80 Å². The van der Waals surface area contributed by atoms with Crippen LogP contribution in [0.2, 0.25) is 0 Å². The first-order valence-electron chi connectivity index (χ1n) is 20.5. The average molecular weight is 751 g/mol. The van der Waals surface area contributed by atoms with Crippen molar-refractivity contribution < 1.29 is 0 Å². The van der Waals surface area contributed by atoms with Crippen molar-refractivity contribution in [2.75, 3.05) is 9.80 Å². The molecule has 0 bridgehead atoms. The fraction of sp³-hybridized carbons (Fsp3) is 0.0175. The Morgan fingerprint density at radius 3 is 1.64 bits per heavy atom. The second-order valence-corrected chi connectivity index (χ2v) is 15.7. The Balaban J connectivity index is 1.01. The van der Waals surface area contributed by atoms with Crippen LogP contribution in [0.4, 0.5) is 34.1 Å². The van der Waals surface area contributed by atoms with E-state index in [-0.39, 0.29) is 0 Å². The summed E-state index contributed by atoms with van der Waals surface area (Å²) in [5.41, 5.74) is 24.6. The second kappa shape index (κ2) is 13.5. The molecule has 9 aromatic carbocycles. The quantitative estimate of drug-likeness (QED) is 0.177. The third kappa shape index (κ3) is 5.41. The van der Waals surface area contributed by atoms with Crippen LogP contribution in [0.15, 0.2) is 212 Å². The lowest BCUT2D eigenvalue weighted by Crippen LogP contribution is -2.24. The first-order chi connectivity index (χ1) is 29.3. The van der Waals surface area contributed by atoms with E-state index in [9.17, 15) is 0 Å². The second-order valence-electron chi connectivity index (χ2n) is 15.7. The Morgan fingerprint density at radius 1 is 0.322 bits per heavy atom. The lowest BCUT2D eigenvalue weighted by atomic mass is 9.80. The number of benzene rings is 9. The van der Waals surface area contributed by atoms with E-state index < -0.39 is 0 Å². The van der Waals surface area contributed by atoms with Crippen molar-refractivity contribution >= 4 is 45.8 Å². The standard InChI is InChI=1S/C57H38N2/c1-3-15-38(16-4-1)33-44-34-43-30-29-41(36-51(43)47-22-8-7-21-46(44)47)42-31-32-53-52(37-42)49-24-10-9-23-48(49)50-25-14-28-56-57(50)59(53)55-27-12-11-26-54(55)58(56)45-20-13-19-40(35-45)39-17-5-2-6-18-39/h1-33,35-37H,34H2. The number of fused-ring (bicyclic) bond motifs is 10. The molecule has 0 saturated heterocycles. The monoisotopic (exact) mass is 750 g/mol. The largest absolute Gasteiger partial charge is 0.306 e. The van der Waals surface area contributed by atoms with Crippen molar-refractivity contribution in [1.82, 2.24) is 0 Å². The van der Waals surface area contributed by atoms with Gasteiger partial charge >= 0.3 is 0 Å². The molecule has 2 heteroatoms. The number of para-hydroxylation sites is 3. The van der Waals surface area contributed by atoms with Gasteiger partial charge in [-0.15, -0.1) is 0 Å². The van der Waals surface area contributed by atoms with Crippen LogP contribution >= 0.6 is 0 Å². The molecule has 0 spiro atoms. The molecule has 0 fully saturated rings. The van der Waals surface area contributed by atoms with Gasteiger partial charge in [0.2, 0.25) is 0 Å². The first-order valence-corrected chi connectivity index (χ1v) is 20.5. The Morgan fingerprint density at radius 2 is 0.864 bits per heavy atom. The van der Waals surface area contributed by atoms with E-state index in [0.29, 0.717) is 0 Å². The van der Waals surface area contributed by atoms with Crippen LogP contribution in [0.3, 0.4) is 0 Å². The summed E-state index contributed by atoms with van der Waals surface area (Å²) in [6.45, 7) is 0. The molecule has 2 nitrogen and oxygen atoms in total. The molecule has 3 aliphatic rings. The Kier molecular flexibility index (Phi) is 7.64. The van der Waals surface area contributed by atoms with Crippen molar-refractivity contribution in [3.63, 3.8) is 0 Å². The van der Waals surface area contributed by atoms with E-state index in [0.717, 1.165) is 29.2 Å². The van der Waals surface area contributed by atoms with E-state index in [1.165, 1.54) is 89.3 Å². The SMILES string of the molecule is C(=C1Cc2ccc(-c3ccc4c(c3)-c3ccccc3-c3cccc5c3N4c3ccccc3N5c3cccc(-c4ccccc4)c3)cc2-c2ccccc21)c1ccccc1. The summed E-state index contributed by atoms with van der Waals surface area (Å²) in [6, 6.07) is 78.0. The summed E-state index contributed by atoms with van der Waals surface area (Å²) in [5, 5.41) is 0. The molecule has 9 aromatic rings. The maximum atomic E-state index is 2.51. The number of hydrogen-bond acceptors (Lipinski definition) is 2. The average Bonchev–Trinajstić information content (AvgIpc) is 3.43. The van der Waals surface area contributed by atoms with Crippen molar-refractivity contribution in [2.24, 2.45) is 0 Å². The van der Waals surface area contributed by atoms with Crippen LogP contribution in [0.5, 0.6) is 0 Å². The third-order valence-electron chi connectivity index (χ3n) is 12.3. The van der Waals surface area contributed by atoms with E-state index in [1.54, 1.807) is 0 Å². The molecule has 1 aliphatic carbocycles. The molecule has 2 aliphatic heterocycles. The molecule has 59 heavy (non-hydrogen) atoms. The Labute approximate surface area is 345 Å². The molecule has 12 rings (SSSR count). The van der Waals surface area contributed by atoms with Gasteiger partial charge in [-0.2, -0.15) is 0 Å². The molecular formula is C57H38N2. The number of nitrogens with zero attached hydrogens (tertiary/aromatic N) is 2. The van der Waals surface area contributed by atoms with Gasteiger partial charge in [0.1, 0.15) is 0 Å². The normalized spacial score (nSPS) is 13.7. The predicted octanol–water partition coefficient (Wildman–Crippen LogP) is 15.7. The van der Waals surface area contributed by atoms with Crippen molar-refractivity contribution in [3.05, 3.63) is 229 Å². The summed E-state index contributed by atoms with van der Waals surface area (Å²) in [6.07, 6.45) is 3.25. The van der Waals surface area contributed by atoms with Gasteiger partial charge < -0.3 is 9.80 Å². The third-order valence-corrected chi connectivity index (χ3v) is 12.3. The summed E-state index contributed by atoms with van der Waals surface area (Å²) in [5.74, 6) is 0. The van der Waals surface area contributed by atoms with Gasteiger partial charge in [0, 0.05) is 16.8 Å².